The van der Waals surface area contributed by atoms with E-state index in [-0.39, 0.29) is 17.9 Å². The number of esters is 1. The Bertz CT molecular complexity index is 176. The van der Waals surface area contributed by atoms with Gasteiger partial charge in [0, 0.05) is 6.04 Å². The van der Waals surface area contributed by atoms with Gasteiger partial charge in [-0.15, -0.1) is 0 Å². The second-order valence-electron chi connectivity index (χ2n) is 3.93. The zero-order valence-electron chi connectivity index (χ0n) is 8.45. The minimum Gasteiger partial charge on any atom is -0.469 e. The molecule has 0 amide bonds. The fourth-order valence-corrected chi connectivity index (χ4v) is 2.09. The molecule has 2 atom stereocenters. The zero-order valence-corrected chi connectivity index (χ0v) is 8.45. The predicted octanol–water partition coefficient (Wildman–Crippen LogP) is 1.31. The van der Waals surface area contributed by atoms with Crippen LogP contribution in [0.15, 0.2) is 0 Å². The van der Waals surface area contributed by atoms with Crippen molar-refractivity contribution in [2.45, 2.75) is 38.6 Å². The van der Waals surface area contributed by atoms with Crippen LogP contribution in [0.4, 0.5) is 0 Å². The van der Waals surface area contributed by atoms with Crippen molar-refractivity contribution in [2.75, 3.05) is 7.11 Å². The second-order valence-corrected chi connectivity index (χ2v) is 3.93. The lowest BCUT2D eigenvalue weighted by atomic mass is 9.89. The van der Waals surface area contributed by atoms with E-state index in [1.54, 1.807) is 0 Å². The molecule has 0 aromatic rings. The molecule has 1 aliphatic carbocycles. The Morgan fingerprint density at radius 2 is 2.00 bits per heavy atom. The largest absolute Gasteiger partial charge is 0.469 e. The molecule has 0 heterocycles. The highest BCUT2D eigenvalue weighted by molar-refractivity contribution is 5.72. The third kappa shape index (κ3) is 2.44. The maximum absolute atomic E-state index is 11.2. The molecule has 1 fully saturated rings. The number of methoxy groups -OCH3 is 1. The van der Waals surface area contributed by atoms with Crippen molar-refractivity contribution < 1.29 is 9.53 Å². The SMILES string of the molecule is COC(=O)C(C)C(N)C1CCCC1. The van der Waals surface area contributed by atoms with Crippen LogP contribution in [-0.2, 0) is 9.53 Å². The molecule has 2 unspecified atom stereocenters. The van der Waals surface area contributed by atoms with Crippen molar-refractivity contribution >= 4 is 5.97 Å². The van der Waals surface area contributed by atoms with Crippen LogP contribution in [0.2, 0.25) is 0 Å². The summed E-state index contributed by atoms with van der Waals surface area (Å²) in [6.07, 6.45) is 4.85. The molecule has 3 heteroatoms. The van der Waals surface area contributed by atoms with Gasteiger partial charge >= 0.3 is 5.97 Å². The van der Waals surface area contributed by atoms with E-state index in [0.29, 0.717) is 5.92 Å². The summed E-state index contributed by atoms with van der Waals surface area (Å²) in [6, 6.07) is -0.0186. The third-order valence-corrected chi connectivity index (χ3v) is 3.09. The molecular weight excluding hydrogens is 166 g/mol. The smallest absolute Gasteiger partial charge is 0.309 e. The van der Waals surface area contributed by atoms with Crippen LogP contribution >= 0.6 is 0 Å². The van der Waals surface area contributed by atoms with Crippen molar-refractivity contribution in [3.63, 3.8) is 0 Å². The summed E-state index contributed by atoms with van der Waals surface area (Å²) in [6.45, 7) is 1.86. The third-order valence-electron chi connectivity index (χ3n) is 3.09. The van der Waals surface area contributed by atoms with Crippen LogP contribution in [0.3, 0.4) is 0 Å². The van der Waals surface area contributed by atoms with Gasteiger partial charge in [-0.25, -0.2) is 0 Å². The van der Waals surface area contributed by atoms with Crippen LogP contribution in [0, 0.1) is 11.8 Å². The Balaban J connectivity index is 2.45. The molecule has 1 rings (SSSR count). The van der Waals surface area contributed by atoms with Gasteiger partial charge in [0.15, 0.2) is 0 Å². The van der Waals surface area contributed by atoms with Crippen LogP contribution in [0.1, 0.15) is 32.6 Å². The molecular formula is C10H19NO2. The number of hydrogen-bond donors (Lipinski definition) is 1. The van der Waals surface area contributed by atoms with E-state index in [4.69, 9.17) is 5.73 Å². The fraction of sp³-hybridized carbons (Fsp3) is 0.900. The van der Waals surface area contributed by atoms with E-state index >= 15 is 0 Å². The highest BCUT2D eigenvalue weighted by Crippen LogP contribution is 2.29. The minimum atomic E-state index is -0.181. The Morgan fingerprint density at radius 3 is 2.46 bits per heavy atom. The Morgan fingerprint density at radius 1 is 1.46 bits per heavy atom. The number of carbonyl (C=O) groups is 1. The van der Waals surface area contributed by atoms with E-state index in [9.17, 15) is 4.79 Å². The van der Waals surface area contributed by atoms with Crippen molar-refractivity contribution in [1.82, 2.24) is 0 Å². The minimum absolute atomic E-state index is 0.0186. The van der Waals surface area contributed by atoms with Crippen molar-refractivity contribution in [3.05, 3.63) is 0 Å². The van der Waals surface area contributed by atoms with Crippen molar-refractivity contribution in [1.29, 1.82) is 0 Å². The number of rotatable bonds is 3. The monoisotopic (exact) mass is 185 g/mol. The molecule has 1 aliphatic rings. The summed E-state index contributed by atoms with van der Waals surface area (Å²) in [5, 5.41) is 0. The lowest BCUT2D eigenvalue weighted by Gasteiger charge is -2.23. The van der Waals surface area contributed by atoms with Crippen LogP contribution < -0.4 is 5.73 Å². The first-order valence-corrected chi connectivity index (χ1v) is 5.00. The molecule has 76 valence electrons. The van der Waals surface area contributed by atoms with Gasteiger partial charge in [-0.1, -0.05) is 19.8 Å². The van der Waals surface area contributed by atoms with Crippen LogP contribution in [0.5, 0.6) is 0 Å². The van der Waals surface area contributed by atoms with Gasteiger partial charge in [-0.2, -0.15) is 0 Å². The molecule has 0 aromatic heterocycles. The zero-order chi connectivity index (χ0) is 9.84. The summed E-state index contributed by atoms with van der Waals surface area (Å²) in [5.41, 5.74) is 6.00. The van der Waals surface area contributed by atoms with E-state index in [0.717, 1.165) is 0 Å². The summed E-state index contributed by atoms with van der Waals surface area (Å²) in [5.74, 6) is 0.182. The van der Waals surface area contributed by atoms with Gasteiger partial charge in [0.05, 0.1) is 13.0 Å². The molecule has 2 N–H and O–H groups in total. The van der Waals surface area contributed by atoms with Crippen LogP contribution in [0.25, 0.3) is 0 Å². The van der Waals surface area contributed by atoms with E-state index in [1.807, 2.05) is 6.92 Å². The molecule has 3 nitrogen and oxygen atoms in total. The topological polar surface area (TPSA) is 52.3 Å². The lowest BCUT2D eigenvalue weighted by Crippen LogP contribution is -2.39. The quantitative estimate of drug-likeness (QED) is 0.674. The van der Waals surface area contributed by atoms with Gasteiger partial charge in [-0.05, 0) is 18.8 Å². The normalized spacial score (nSPS) is 22.7. The number of ether oxygens (including phenoxy) is 1. The molecule has 0 aliphatic heterocycles. The fourth-order valence-electron chi connectivity index (χ4n) is 2.09. The van der Waals surface area contributed by atoms with E-state index in [1.165, 1.54) is 32.8 Å². The number of hydrogen-bond acceptors (Lipinski definition) is 3. The first-order valence-electron chi connectivity index (χ1n) is 5.00. The second kappa shape index (κ2) is 4.61. The average Bonchev–Trinajstić information content (AvgIpc) is 2.67. The lowest BCUT2D eigenvalue weighted by molar-refractivity contribution is -0.146. The summed E-state index contributed by atoms with van der Waals surface area (Å²) in [7, 11) is 1.42. The highest BCUT2D eigenvalue weighted by Gasteiger charge is 2.30. The highest BCUT2D eigenvalue weighted by atomic mass is 16.5. The summed E-state index contributed by atoms with van der Waals surface area (Å²) in [4.78, 5) is 11.2. The molecule has 0 saturated heterocycles. The van der Waals surface area contributed by atoms with Gasteiger partial charge in [-0.3, -0.25) is 4.79 Å². The summed E-state index contributed by atoms with van der Waals surface area (Å²) >= 11 is 0. The molecule has 0 aromatic carbocycles. The number of nitrogens with two attached hydrogens (primary N) is 1. The maximum Gasteiger partial charge on any atom is 0.309 e. The standard InChI is InChI=1S/C10H19NO2/c1-7(10(12)13-2)9(11)8-5-3-4-6-8/h7-9H,3-6,11H2,1-2H3. The molecule has 13 heavy (non-hydrogen) atoms. The first kappa shape index (κ1) is 10.5. The van der Waals surface area contributed by atoms with E-state index in [2.05, 4.69) is 4.74 Å². The molecule has 0 radical (unpaired) electrons. The van der Waals surface area contributed by atoms with Gasteiger partial charge in [0.2, 0.25) is 0 Å². The summed E-state index contributed by atoms with van der Waals surface area (Å²) < 4.78 is 4.67. The van der Waals surface area contributed by atoms with Crippen molar-refractivity contribution in [3.8, 4) is 0 Å². The van der Waals surface area contributed by atoms with Gasteiger partial charge < -0.3 is 10.5 Å². The first-order chi connectivity index (χ1) is 6.16. The van der Waals surface area contributed by atoms with Crippen molar-refractivity contribution in [2.24, 2.45) is 17.6 Å². The Labute approximate surface area is 79.6 Å². The Hall–Kier alpha value is -0.570. The number of carbonyl (C=O) groups excluding carboxylic acids is 1. The molecule has 1 saturated carbocycles. The van der Waals surface area contributed by atoms with E-state index < -0.39 is 0 Å². The predicted molar refractivity (Wildman–Crippen MR) is 51.1 cm³/mol. The van der Waals surface area contributed by atoms with Gasteiger partial charge in [0.1, 0.15) is 0 Å². The maximum atomic E-state index is 11.2. The molecule has 0 bridgehead atoms. The van der Waals surface area contributed by atoms with Crippen LogP contribution in [-0.4, -0.2) is 19.1 Å². The Kier molecular flexibility index (Phi) is 3.72. The average molecular weight is 185 g/mol. The van der Waals surface area contributed by atoms with Gasteiger partial charge in [0.25, 0.3) is 0 Å². The molecule has 0 spiro atoms.